The highest BCUT2D eigenvalue weighted by atomic mass is 32.1. The first-order valence-corrected chi connectivity index (χ1v) is 9.98. The molecule has 0 unspecified atom stereocenters. The van der Waals surface area contributed by atoms with Gasteiger partial charge in [-0.15, -0.1) is 11.7 Å². The maximum absolute atomic E-state index is 13.2. The second-order valence-electron chi connectivity index (χ2n) is 7.33. The summed E-state index contributed by atoms with van der Waals surface area (Å²) in [5, 5.41) is 4.01. The van der Waals surface area contributed by atoms with Crippen LogP contribution in [0.15, 0.2) is 30.9 Å². The third kappa shape index (κ3) is 3.04. The molecule has 2 aromatic rings. The summed E-state index contributed by atoms with van der Waals surface area (Å²) in [4.78, 5) is 18.2. The van der Waals surface area contributed by atoms with E-state index in [0.717, 1.165) is 43.9 Å². The molecule has 0 aliphatic carbocycles. The maximum Gasteiger partial charge on any atom is 0.271 e. The molecule has 2 aliphatic rings. The van der Waals surface area contributed by atoms with E-state index in [4.69, 9.17) is 4.74 Å². The summed E-state index contributed by atoms with van der Waals surface area (Å²) in [6.07, 6.45) is 3.99. The van der Waals surface area contributed by atoms with Crippen LogP contribution in [0.25, 0.3) is 0 Å². The lowest BCUT2D eigenvalue weighted by atomic mass is 9.74. The van der Waals surface area contributed by atoms with Gasteiger partial charge < -0.3 is 9.64 Å². The minimum atomic E-state index is -0.0246. The first kappa shape index (κ1) is 18.1. The normalized spacial score (nSPS) is 18.5. The molecule has 27 heavy (non-hydrogen) atoms. The molecule has 1 aromatic heterocycles. The molecule has 0 N–H and O–H groups in total. The Morgan fingerprint density at radius 3 is 2.81 bits per heavy atom. The molecular weight excluding hydrogens is 360 g/mol. The van der Waals surface area contributed by atoms with E-state index in [1.807, 2.05) is 30.0 Å². The number of hydrogen-bond donors (Lipinski definition) is 0. The topological polar surface area (TPSA) is 58.6 Å². The van der Waals surface area contributed by atoms with Gasteiger partial charge in [-0.05, 0) is 68.1 Å². The van der Waals surface area contributed by atoms with Gasteiger partial charge in [0, 0.05) is 24.2 Å². The van der Waals surface area contributed by atoms with Crippen LogP contribution in [-0.4, -0.2) is 53.7 Å². The predicted molar refractivity (Wildman–Crippen MR) is 107 cm³/mol. The number of aromatic nitrogens is 2. The molecule has 0 saturated carbocycles. The molecule has 2 aliphatic heterocycles. The smallest absolute Gasteiger partial charge is 0.271 e. The van der Waals surface area contributed by atoms with Gasteiger partial charge in [0.2, 0.25) is 0 Å². The number of rotatable bonds is 4. The SMILES string of the molecule is C=CCN1CCC2(CC1)CN(C(=O)c1snnc1C)c1ccc(OC)cc12. The summed E-state index contributed by atoms with van der Waals surface area (Å²) in [6.45, 7) is 9.32. The zero-order valence-electron chi connectivity index (χ0n) is 15.8. The molecule has 0 radical (unpaired) electrons. The molecule has 1 amide bonds. The quantitative estimate of drug-likeness (QED) is 0.759. The fourth-order valence-electron chi connectivity index (χ4n) is 4.28. The second kappa shape index (κ2) is 7.05. The summed E-state index contributed by atoms with van der Waals surface area (Å²) >= 11 is 1.17. The van der Waals surface area contributed by atoms with Crippen molar-refractivity contribution in [3.8, 4) is 5.75 Å². The average molecular weight is 385 g/mol. The van der Waals surface area contributed by atoms with Gasteiger partial charge in [-0.25, -0.2) is 0 Å². The van der Waals surface area contributed by atoms with Gasteiger partial charge >= 0.3 is 0 Å². The standard InChI is InChI=1S/C20H24N4O2S/c1-4-9-23-10-7-20(8-11-23)13-24(19(25)18-14(2)21-22-27-18)17-6-5-15(26-3)12-16(17)20/h4-6,12H,1,7-11,13H2,2-3H3. The molecule has 0 bridgehead atoms. The van der Waals surface area contributed by atoms with Crippen molar-refractivity contribution in [3.63, 3.8) is 0 Å². The number of carbonyl (C=O) groups excluding carboxylic acids is 1. The number of ether oxygens (including phenoxy) is 1. The molecule has 1 aromatic carbocycles. The van der Waals surface area contributed by atoms with E-state index in [0.29, 0.717) is 17.1 Å². The van der Waals surface area contributed by atoms with Gasteiger partial charge in [-0.2, -0.15) is 0 Å². The maximum atomic E-state index is 13.2. The zero-order chi connectivity index (χ0) is 19.0. The molecule has 1 fully saturated rings. The number of aryl methyl sites for hydroxylation is 1. The Labute approximate surface area is 163 Å². The van der Waals surface area contributed by atoms with Gasteiger partial charge in [0.25, 0.3) is 5.91 Å². The van der Waals surface area contributed by atoms with E-state index in [-0.39, 0.29) is 11.3 Å². The Morgan fingerprint density at radius 2 is 2.19 bits per heavy atom. The molecule has 4 rings (SSSR count). The summed E-state index contributed by atoms with van der Waals surface area (Å²) in [6, 6.07) is 6.06. The number of piperidine rings is 1. The van der Waals surface area contributed by atoms with Crippen molar-refractivity contribution in [2.45, 2.75) is 25.2 Å². The predicted octanol–water partition coefficient (Wildman–Crippen LogP) is 3.04. The number of methoxy groups -OCH3 is 1. The minimum absolute atomic E-state index is 0.000636. The number of hydrogen-bond acceptors (Lipinski definition) is 6. The van der Waals surface area contributed by atoms with Crippen LogP contribution in [0.2, 0.25) is 0 Å². The van der Waals surface area contributed by atoms with E-state index in [9.17, 15) is 4.79 Å². The van der Waals surface area contributed by atoms with E-state index in [1.165, 1.54) is 17.1 Å². The number of carbonyl (C=O) groups is 1. The number of likely N-dealkylation sites (tertiary alicyclic amines) is 1. The van der Waals surface area contributed by atoms with E-state index in [1.54, 1.807) is 7.11 Å². The number of amides is 1. The largest absolute Gasteiger partial charge is 0.497 e. The Balaban J connectivity index is 1.70. The summed E-state index contributed by atoms with van der Waals surface area (Å²) in [7, 11) is 1.69. The lowest BCUT2D eigenvalue weighted by molar-refractivity contribution is 0.0981. The number of fused-ring (bicyclic) bond motifs is 2. The van der Waals surface area contributed by atoms with Gasteiger partial charge in [0.1, 0.15) is 10.6 Å². The fourth-order valence-corrected chi connectivity index (χ4v) is 4.89. The Kier molecular flexibility index (Phi) is 4.74. The lowest BCUT2D eigenvalue weighted by Gasteiger charge is -2.39. The molecule has 1 saturated heterocycles. The van der Waals surface area contributed by atoms with Crippen molar-refractivity contribution in [1.29, 1.82) is 0 Å². The molecule has 6 nitrogen and oxygen atoms in total. The molecule has 7 heteroatoms. The molecule has 1 spiro atoms. The second-order valence-corrected chi connectivity index (χ2v) is 8.09. The van der Waals surface area contributed by atoms with Crippen molar-refractivity contribution < 1.29 is 9.53 Å². The van der Waals surface area contributed by atoms with E-state index in [2.05, 4.69) is 27.1 Å². The van der Waals surface area contributed by atoms with Crippen LogP contribution in [0.5, 0.6) is 5.75 Å². The number of anilines is 1. The monoisotopic (exact) mass is 384 g/mol. The molecule has 142 valence electrons. The van der Waals surface area contributed by atoms with Crippen LogP contribution < -0.4 is 9.64 Å². The summed E-state index contributed by atoms with van der Waals surface area (Å²) < 4.78 is 9.42. The average Bonchev–Trinajstić information content (AvgIpc) is 3.25. The number of benzene rings is 1. The van der Waals surface area contributed by atoms with Crippen LogP contribution in [0.3, 0.4) is 0 Å². The van der Waals surface area contributed by atoms with Crippen molar-refractivity contribution in [3.05, 3.63) is 47.0 Å². The third-order valence-corrected chi connectivity index (χ3v) is 6.63. The Hall–Kier alpha value is -2.25. The van der Waals surface area contributed by atoms with Gasteiger partial charge in [-0.3, -0.25) is 9.69 Å². The Bertz CT molecular complexity index is 871. The number of nitrogens with zero attached hydrogens (tertiary/aromatic N) is 4. The van der Waals surface area contributed by atoms with Crippen LogP contribution in [0, 0.1) is 6.92 Å². The van der Waals surface area contributed by atoms with Gasteiger partial charge in [-0.1, -0.05) is 10.6 Å². The van der Waals surface area contributed by atoms with Crippen LogP contribution in [0.4, 0.5) is 5.69 Å². The van der Waals surface area contributed by atoms with E-state index >= 15 is 0 Å². The highest BCUT2D eigenvalue weighted by Crippen LogP contribution is 2.48. The molecule has 3 heterocycles. The third-order valence-electron chi connectivity index (χ3n) is 5.82. The van der Waals surface area contributed by atoms with Crippen LogP contribution in [0.1, 0.15) is 33.8 Å². The van der Waals surface area contributed by atoms with Crippen molar-refractivity contribution in [2.75, 3.05) is 38.2 Å². The highest BCUT2D eigenvalue weighted by molar-refractivity contribution is 7.08. The molecule has 0 atom stereocenters. The first-order chi connectivity index (χ1) is 13.1. The van der Waals surface area contributed by atoms with Crippen molar-refractivity contribution >= 4 is 23.1 Å². The van der Waals surface area contributed by atoms with Crippen molar-refractivity contribution in [2.24, 2.45) is 0 Å². The molecular formula is C20H24N4O2S. The zero-order valence-corrected chi connectivity index (χ0v) is 16.6. The Morgan fingerprint density at radius 1 is 1.41 bits per heavy atom. The lowest BCUT2D eigenvalue weighted by Crippen LogP contribution is -2.46. The summed E-state index contributed by atoms with van der Waals surface area (Å²) in [5.41, 5.74) is 2.89. The highest BCUT2D eigenvalue weighted by Gasteiger charge is 2.47. The van der Waals surface area contributed by atoms with Crippen LogP contribution in [-0.2, 0) is 5.41 Å². The van der Waals surface area contributed by atoms with Crippen LogP contribution >= 0.6 is 11.5 Å². The van der Waals surface area contributed by atoms with Crippen molar-refractivity contribution in [1.82, 2.24) is 14.5 Å². The van der Waals surface area contributed by atoms with Gasteiger partial charge in [0.15, 0.2) is 0 Å². The van der Waals surface area contributed by atoms with E-state index < -0.39 is 0 Å². The minimum Gasteiger partial charge on any atom is -0.497 e. The fraction of sp³-hybridized carbons (Fsp3) is 0.450. The summed E-state index contributed by atoms with van der Waals surface area (Å²) in [5.74, 6) is 0.839. The first-order valence-electron chi connectivity index (χ1n) is 9.20. The van der Waals surface area contributed by atoms with Gasteiger partial charge in [0.05, 0.1) is 12.8 Å².